The molecule has 2 fully saturated rings. The summed E-state index contributed by atoms with van der Waals surface area (Å²) in [6.07, 6.45) is 7.11. The van der Waals surface area contributed by atoms with Crippen molar-refractivity contribution < 1.29 is 9.84 Å². The maximum atomic E-state index is 10.8. The summed E-state index contributed by atoms with van der Waals surface area (Å²) in [6, 6.07) is 6.48. The number of fused-ring (bicyclic) bond motifs is 1. The Balaban J connectivity index is 1.56. The molecule has 0 aliphatic carbocycles. The van der Waals surface area contributed by atoms with Crippen molar-refractivity contribution in [3.63, 3.8) is 0 Å². The third kappa shape index (κ3) is 2.77. The zero-order valence-corrected chi connectivity index (χ0v) is 13.7. The highest BCUT2D eigenvalue weighted by Crippen LogP contribution is 2.36. The second kappa shape index (κ2) is 5.89. The van der Waals surface area contributed by atoms with E-state index in [2.05, 4.69) is 20.5 Å². The molecule has 3 atom stereocenters. The molecule has 2 aliphatic heterocycles. The van der Waals surface area contributed by atoms with Gasteiger partial charge < -0.3 is 14.2 Å². The molecule has 0 saturated carbocycles. The molecule has 0 unspecified atom stereocenters. The van der Waals surface area contributed by atoms with E-state index >= 15 is 0 Å². The first kappa shape index (κ1) is 15.1. The van der Waals surface area contributed by atoms with E-state index in [-0.39, 0.29) is 5.92 Å². The average molecular weight is 315 g/mol. The molecular formula is C18H25N3O2. The third-order valence-electron chi connectivity index (χ3n) is 5.59. The van der Waals surface area contributed by atoms with Gasteiger partial charge >= 0.3 is 0 Å². The van der Waals surface area contributed by atoms with Crippen LogP contribution in [0.4, 0.5) is 0 Å². The zero-order valence-electron chi connectivity index (χ0n) is 13.7. The monoisotopic (exact) mass is 315 g/mol. The van der Waals surface area contributed by atoms with Gasteiger partial charge in [0.05, 0.1) is 24.1 Å². The second-order valence-corrected chi connectivity index (χ2v) is 7.15. The Kier molecular flexibility index (Phi) is 3.87. The summed E-state index contributed by atoms with van der Waals surface area (Å²) in [6.45, 7) is 5.27. The Morgan fingerprint density at radius 1 is 1.43 bits per heavy atom. The SMILES string of the molecule is C[C@]1(O)CCOC[C@@H]1[C@H]1CCCN1Cc1cnc2ccccn12. The molecule has 2 aromatic rings. The largest absolute Gasteiger partial charge is 0.390 e. The van der Waals surface area contributed by atoms with Gasteiger partial charge in [-0.05, 0) is 44.9 Å². The van der Waals surface area contributed by atoms with Crippen molar-refractivity contribution >= 4 is 5.65 Å². The summed E-state index contributed by atoms with van der Waals surface area (Å²) in [5, 5.41) is 10.8. The van der Waals surface area contributed by atoms with Crippen LogP contribution < -0.4 is 0 Å². The lowest BCUT2D eigenvalue weighted by molar-refractivity contribution is -0.123. The molecule has 124 valence electrons. The van der Waals surface area contributed by atoms with Gasteiger partial charge in [0.25, 0.3) is 0 Å². The van der Waals surface area contributed by atoms with Crippen molar-refractivity contribution in [1.29, 1.82) is 0 Å². The van der Waals surface area contributed by atoms with Crippen LogP contribution in [0.3, 0.4) is 0 Å². The highest BCUT2D eigenvalue weighted by Gasteiger charge is 2.44. The van der Waals surface area contributed by atoms with Crippen LogP contribution in [-0.4, -0.2) is 50.8 Å². The predicted molar refractivity (Wildman–Crippen MR) is 88.2 cm³/mol. The molecule has 4 heterocycles. The van der Waals surface area contributed by atoms with Crippen molar-refractivity contribution in [1.82, 2.24) is 14.3 Å². The number of hydrogen-bond acceptors (Lipinski definition) is 4. The van der Waals surface area contributed by atoms with Gasteiger partial charge in [0.2, 0.25) is 0 Å². The van der Waals surface area contributed by atoms with E-state index in [4.69, 9.17) is 4.74 Å². The predicted octanol–water partition coefficient (Wildman–Crippen LogP) is 2.09. The summed E-state index contributed by atoms with van der Waals surface area (Å²) < 4.78 is 7.84. The number of ether oxygens (including phenoxy) is 1. The maximum absolute atomic E-state index is 10.8. The number of rotatable bonds is 3. The third-order valence-corrected chi connectivity index (χ3v) is 5.59. The highest BCUT2D eigenvalue weighted by atomic mass is 16.5. The number of likely N-dealkylation sites (tertiary alicyclic amines) is 1. The minimum atomic E-state index is -0.620. The first-order valence-corrected chi connectivity index (χ1v) is 8.60. The molecule has 1 N–H and O–H groups in total. The molecule has 23 heavy (non-hydrogen) atoms. The summed E-state index contributed by atoms with van der Waals surface area (Å²) in [7, 11) is 0. The Hall–Kier alpha value is -1.43. The van der Waals surface area contributed by atoms with Crippen LogP contribution in [0.5, 0.6) is 0 Å². The van der Waals surface area contributed by atoms with Crippen LogP contribution in [-0.2, 0) is 11.3 Å². The van der Waals surface area contributed by atoms with Crippen LogP contribution in [0, 0.1) is 5.92 Å². The number of aromatic nitrogens is 2. The van der Waals surface area contributed by atoms with E-state index in [1.54, 1.807) is 0 Å². The summed E-state index contributed by atoms with van der Waals surface area (Å²) >= 11 is 0. The van der Waals surface area contributed by atoms with E-state index in [1.165, 1.54) is 12.1 Å². The van der Waals surface area contributed by atoms with Gasteiger partial charge in [-0.3, -0.25) is 4.90 Å². The lowest BCUT2D eigenvalue weighted by Crippen LogP contribution is -2.52. The minimum Gasteiger partial charge on any atom is -0.390 e. The molecule has 0 bridgehead atoms. The summed E-state index contributed by atoms with van der Waals surface area (Å²) in [5.74, 6) is 0.193. The number of imidazole rings is 1. The molecule has 0 radical (unpaired) electrons. The Morgan fingerprint density at radius 3 is 3.22 bits per heavy atom. The average Bonchev–Trinajstić information content (AvgIpc) is 3.15. The maximum Gasteiger partial charge on any atom is 0.136 e. The van der Waals surface area contributed by atoms with Crippen LogP contribution in [0.1, 0.15) is 31.9 Å². The van der Waals surface area contributed by atoms with E-state index in [0.29, 0.717) is 19.3 Å². The molecule has 5 heteroatoms. The van der Waals surface area contributed by atoms with Gasteiger partial charge in [0, 0.05) is 31.3 Å². The lowest BCUT2D eigenvalue weighted by atomic mass is 9.79. The number of nitrogens with zero attached hydrogens (tertiary/aromatic N) is 3. The van der Waals surface area contributed by atoms with Gasteiger partial charge in [-0.15, -0.1) is 0 Å². The fraction of sp³-hybridized carbons (Fsp3) is 0.611. The number of hydrogen-bond donors (Lipinski definition) is 1. The standard InChI is InChI=1S/C18H25N3O2/c1-18(22)7-10-23-13-15(18)16-5-4-8-20(16)12-14-11-19-17-6-2-3-9-21(14)17/h2-3,6,9,11,15-16,22H,4-5,7-8,10,12-13H2,1H3/t15-,16-,18+/m1/s1. The molecule has 0 aromatic carbocycles. The Morgan fingerprint density at radius 2 is 2.35 bits per heavy atom. The molecule has 0 spiro atoms. The van der Waals surface area contributed by atoms with Crippen LogP contribution >= 0.6 is 0 Å². The first-order chi connectivity index (χ1) is 11.1. The highest BCUT2D eigenvalue weighted by molar-refractivity contribution is 5.39. The Labute approximate surface area is 136 Å². The second-order valence-electron chi connectivity index (χ2n) is 7.15. The van der Waals surface area contributed by atoms with E-state index in [9.17, 15) is 5.11 Å². The van der Waals surface area contributed by atoms with Crippen LogP contribution in [0.2, 0.25) is 0 Å². The normalized spacial score (nSPS) is 32.6. The molecule has 2 saturated heterocycles. The Bertz CT molecular complexity index is 682. The van der Waals surface area contributed by atoms with E-state index in [0.717, 1.165) is 31.6 Å². The molecule has 2 aromatic heterocycles. The quantitative estimate of drug-likeness (QED) is 0.942. The van der Waals surface area contributed by atoms with Crippen LogP contribution in [0.25, 0.3) is 5.65 Å². The van der Waals surface area contributed by atoms with E-state index in [1.807, 2.05) is 31.3 Å². The van der Waals surface area contributed by atoms with Crippen molar-refractivity contribution in [2.75, 3.05) is 19.8 Å². The van der Waals surface area contributed by atoms with E-state index < -0.39 is 5.60 Å². The summed E-state index contributed by atoms with van der Waals surface area (Å²) in [5.41, 5.74) is 1.58. The van der Waals surface area contributed by atoms with Crippen LogP contribution in [0.15, 0.2) is 30.6 Å². The van der Waals surface area contributed by atoms with Gasteiger partial charge in [0.15, 0.2) is 0 Å². The fourth-order valence-corrected chi connectivity index (χ4v) is 4.19. The smallest absolute Gasteiger partial charge is 0.136 e. The van der Waals surface area contributed by atoms with Crippen molar-refractivity contribution in [3.05, 3.63) is 36.3 Å². The fourth-order valence-electron chi connectivity index (χ4n) is 4.19. The molecule has 5 nitrogen and oxygen atoms in total. The van der Waals surface area contributed by atoms with Crippen molar-refractivity contribution in [2.45, 2.75) is 44.4 Å². The van der Waals surface area contributed by atoms with Gasteiger partial charge in [-0.25, -0.2) is 4.98 Å². The van der Waals surface area contributed by atoms with Gasteiger partial charge in [0.1, 0.15) is 5.65 Å². The zero-order chi connectivity index (χ0) is 15.9. The van der Waals surface area contributed by atoms with Gasteiger partial charge in [-0.2, -0.15) is 0 Å². The molecule has 2 aliphatic rings. The molecular weight excluding hydrogens is 290 g/mol. The van der Waals surface area contributed by atoms with Crippen molar-refractivity contribution in [3.8, 4) is 0 Å². The van der Waals surface area contributed by atoms with Crippen molar-refractivity contribution in [2.24, 2.45) is 5.92 Å². The lowest BCUT2D eigenvalue weighted by Gasteiger charge is -2.43. The minimum absolute atomic E-state index is 0.193. The number of aliphatic hydroxyl groups is 1. The molecule has 0 amide bonds. The number of pyridine rings is 1. The van der Waals surface area contributed by atoms with Gasteiger partial charge in [-0.1, -0.05) is 6.07 Å². The topological polar surface area (TPSA) is 50.0 Å². The first-order valence-electron chi connectivity index (χ1n) is 8.60. The summed E-state index contributed by atoms with van der Waals surface area (Å²) in [4.78, 5) is 6.99. The molecule has 4 rings (SSSR count).